The third-order valence-electron chi connectivity index (χ3n) is 7.19. The summed E-state index contributed by atoms with van der Waals surface area (Å²) >= 11 is 0. The quantitative estimate of drug-likeness (QED) is 0.579. The Morgan fingerprint density at radius 2 is 1.89 bits per heavy atom. The molecule has 1 aromatic carbocycles. The first-order chi connectivity index (χ1) is 16.9. The molecule has 0 radical (unpaired) electrons. The Morgan fingerprint density at radius 3 is 2.51 bits per heavy atom. The van der Waals surface area contributed by atoms with Gasteiger partial charge in [-0.3, -0.25) is 19.1 Å². The van der Waals surface area contributed by atoms with E-state index >= 15 is 4.39 Å². The molecular weight excluding hydrogens is 451 g/mol. The van der Waals surface area contributed by atoms with Gasteiger partial charge in [-0.05, 0) is 44.4 Å². The number of H-pyrrole nitrogens is 1. The van der Waals surface area contributed by atoms with Crippen molar-refractivity contribution in [2.24, 2.45) is 0 Å². The molecule has 3 heterocycles. The van der Waals surface area contributed by atoms with Crippen molar-refractivity contribution in [1.82, 2.24) is 24.8 Å². The number of hydrogen-bond donors (Lipinski definition) is 2. The summed E-state index contributed by atoms with van der Waals surface area (Å²) < 4.78 is 16.6. The Labute approximate surface area is 201 Å². The molecule has 1 aliphatic heterocycles. The first-order valence-corrected chi connectivity index (χ1v) is 12.0. The molecule has 2 aromatic heterocycles. The van der Waals surface area contributed by atoms with Crippen molar-refractivity contribution in [3.05, 3.63) is 67.9 Å². The van der Waals surface area contributed by atoms with Gasteiger partial charge in [-0.2, -0.15) is 0 Å². The maximum Gasteiger partial charge on any atom is 0.329 e. The summed E-state index contributed by atoms with van der Waals surface area (Å²) in [4.78, 5) is 48.6. The number of pyridine rings is 1. The maximum absolute atomic E-state index is 15.3. The zero-order valence-electron chi connectivity index (χ0n) is 19.9. The molecule has 35 heavy (non-hydrogen) atoms. The summed E-state index contributed by atoms with van der Waals surface area (Å²) in [5, 5.41) is 2.79. The third kappa shape index (κ3) is 4.22. The highest BCUT2D eigenvalue weighted by atomic mass is 19.1. The van der Waals surface area contributed by atoms with Crippen LogP contribution in [0.2, 0.25) is 0 Å². The fourth-order valence-corrected chi connectivity index (χ4v) is 4.94. The van der Waals surface area contributed by atoms with E-state index in [1.807, 2.05) is 13.0 Å². The summed E-state index contributed by atoms with van der Waals surface area (Å²) in [6.07, 6.45) is 2.59. The summed E-state index contributed by atoms with van der Waals surface area (Å²) in [7, 11) is 1.58. The van der Waals surface area contributed by atoms with Crippen molar-refractivity contribution < 1.29 is 9.18 Å². The highest BCUT2D eigenvalue weighted by Gasteiger charge is 2.25. The second kappa shape index (κ2) is 9.26. The van der Waals surface area contributed by atoms with E-state index in [9.17, 15) is 14.4 Å². The van der Waals surface area contributed by atoms with Crippen LogP contribution in [-0.4, -0.2) is 58.6 Å². The number of carbonyl (C=O) groups is 1. The minimum atomic E-state index is -0.539. The van der Waals surface area contributed by atoms with E-state index < -0.39 is 17.1 Å². The van der Waals surface area contributed by atoms with Gasteiger partial charge in [0.2, 0.25) is 0 Å². The minimum absolute atomic E-state index is 0.00962. The zero-order valence-corrected chi connectivity index (χ0v) is 19.9. The lowest BCUT2D eigenvalue weighted by atomic mass is 9.93. The SMILES string of the molecule is CNC(=O)c1ccc(N2CCN(Cc3ccc4c(=O)n(C5CCC5)c(=O)[nH]c4c3F)CC2)c(C)n1. The van der Waals surface area contributed by atoms with Crippen LogP contribution in [0.4, 0.5) is 10.1 Å². The van der Waals surface area contributed by atoms with E-state index in [1.54, 1.807) is 25.2 Å². The molecule has 1 aliphatic carbocycles. The van der Waals surface area contributed by atoms with Crippen LogP contribution in [0.15, 0.2) is 33.9 Å². The van der Waals surface area contributed by atoms with Crippen LogP contribution in [-0.2, 0) is 6.54 Å². The molecule has 184 valence electrons. The predicted octanol–water partition coefficient (Wildman–Crippen LogP) is 1.94. The van der Waals surface area contributed by atoms with Crippen molar-refractivity contribution in [3.8, 4) is 0 Å². The van der Waals surface area contributed by atoms with Crippen LogP contribution < -0.4 is 21.5 Å². The monoisotopic (exact) mass is 480 g/mol. The Balaban J connectivity index is 1.30. The number of halogens is 1. The number of nitrogens with zero attached hydrogens (tertiary/aromatic N) is 4. The Morgan fingerprint density at radius 1 is 1.14 bits per heavy atom. The number of carbonyl (C=O) groups excluding carboxylic acids is 1. The molecule has 5 rings (SSSR count). The maximum atomic E-state index is 15.3. The van der Waals surface area contributed by atoms with Gasteiger partial charge in [0, 0.05) is 51.4 Å². The second-order valence-corrected chi connectivity index (χ2v) is 9.29. The standard InChI is InChI=1S/C25H29FN6O3/c1-15-20(9-8-19(28-15)23(33)27-2)31-12-10-30(11-13-31)14-16-6-7-18-22(21(16)26)29-25(35)32(24(18)34)17-4-3-5-17/h6-9,17H,3-5,10-14H2,1-2H3,(H,27,33)(H,29,35). The number of aryl methyl sites for hydroxylation is 1. The lowest BCUT2D eigenvalue weighted by molar-refractivity contribution is 0.0958. The smallest absolute Gasteiger partial charge is 0.329 e. The third-order valence-corrected chi connectivity index (χ3v) is 7.19. The number of rotatable bonds is 5. The van der Waals surface area contributed by atoms with Crippen LogP contribution in [0, 0.1) is 12.7 Å². The van der Waals surface area contributed by atoms with Crippen LogP contribution in [0.3, 0.4) is 0 Å². The van der Waals surface area contributed by atoms with Crippen LogP contribution in [0.5, 0.6) is 0 Å². The molecule has 2 fully saturated rings. The Hall–Kier alpha value is -3.53. The number of hydrogen-bond acceptors (Lipinski definition) is 6. The predicted molar refractivity (Wildman–Crippen MR) is 132 cm³/mol. The van der Waals surface area contributed by atoms with Gasteiger partial charge in [0.25, 0.3) is 11.5 Å². The van der Waals surface area contributed by atoms with Gasteiger partial charge in [0.05, 0.1) is 22.3 Å². The van der Waals surface area contributed by atoms with E-state index in [1.165, 1.54) is 4.57 Å². The fourth-order valence-electron chi connectivity index (χ4n) is 4.94. The summed E-state index contributed by atoms with van der Waals surface area (Å²) in [5.74, 6) is -0.755. The first-order valence-electron chi connectivity index (χ1n) is 12.0. The van der Waals surface area contributed by atoms with Crippen LogP contribution in [0.1, 0.15) is 47.1 Å². The average Bonchev–Trinajstić information content (AvgIpc) is 2.82. The van der Waals surface area contributed by atoms with E-state index in [2.05, 4.69) is 25.1 Å². The number of aromatic nitrogens is 3. The molecule has 0 bridgehead atoms. The van der Waals surface area contributed by atoms with Gasteiger partial charge < -0.3 is 15.2 Å². The molecule has 10 heteroatoms. The number of piperazine rings is 1. The highest BCUT2D eigenvalue weighted by molar-refractivity contribution is 5.92. The highest BCUT2D eigenvalue weighted by Crippen LogP contribution is 2.29. The molecule has 2 N–H and O–H groups in total. The molecular formula is C25H29FN6O3. The molecule has 0 unspecified atom stereocenters. The molecule has 1 saturated heterocycles. The number of aromatic amines is 1. The Bertz CT molecular complexity index is 1400. The molecule has 1 saturated carbocycles. The van der Waals surface area contributed by atoms with Gasteiger partial charge >= 0.3 is 5.69 Å². The van der Waals surface area contributed by atoms with E-state index in [-0.39, 0.29) is 22.9 Å². The lowest BCUT2D eigenvalue weighted by Crippen LogP contribution is -2.46. The topological polar surface area (TPSA) is 103 Å². The van der Waals surface area contributed by atoms with Crippen molar-refractivity contribution in [2.75, 3.05) is 38.1 Å². The molecule has 0 spiro atoms. The van der Waals surface area contributed by atoms with Crippen molar-refractivity contribution in [2.45, 2.75) is 38.8 Å². The number of anilines is 1. The number of benzene rings is 1. The Kier molecular flexibility index (Phi) is 6.14. The average molecular weight is 481 g/mol. The lowest BCUT2D eigenvalue weighted by Gasteiger charge is -2.36. The summed E-state index contributed by atoms with van der Waals surface area (Å²) in [5.41, 5.74) is 1.64. The second-order valence-electron chi connectivity index (χ2n) is 9.29. The summed E-state index contributed by atoms with van der Waals surface area (Å²) in [6, 6.07) is 6.82. The molecule has 2 aliphatic rings. The zero-order chi connectivity index (χ0) is 24.7. The van der Waals surface area contributed by atoms with E-state index in [4.69, 9.17) is 0 Å². The number of amides is 1. The van der Waals surface area contributed by atoms with Gasteiger partial charge in [-0.25, -0.2) is 14.2 Å². The largest absolute Gasteiger partial charge is 0.368 e. The molecule has 9 nitrogen and oxygen atoms in total. The van der Waals surface area contributed by atoms with E-state index in [0.717, 1.165) is 43.7 Å². The van der Waals surface area contributed by atoms with Gasteiger partial charge in [0.15, 0.2) is 5.82 Å². The molecule has 1 amide bonds. The molecule has 0 atom stereocenters. The normalized spacial score (nSPS) is 16.9. The number of fused-ring (bicyclic) bond motifs is 1. The number of nitrogens with one attached hydrogen (secondary N) is 2. The van der Waals surface area contributed by atoms with Gasteiger partial charge in [-0.1, -0.05) is 6.07 Å². The summed E-state index contributed by atoms with van der Waals surface area (Å²) in [6.45, 7) is 5.18. The first kappa shape index (κ1) is 23.2. The fraction of sp³-hybridized carbons (Fsp3) is 0.440. The van der Waals surface area contributed by atoms with Crippen molar-refractivity contribution in [3.63, 3.8) is 0 Å². The van der Waals surface area contributed by atoms with E-state index in [0.29, 0.717) is 30.9 Å². The minimum Gasteiger partial charge on any atom is -0.368 e. The van der Waals surface area contributed by atoms with Gasteiger partial charge in [0.1, 0.15) is 5.69 Å². The van der Waals surface area contributed by atoms with Crippen LogP contribution in [0.25, 0.3) is 10.9 Å². The molecule has 3 aromatic rings. The van der Waals surface area contributed by atoms with Gasteiger partial charge in [-0.15, -0.1) is 0 Å². The van der Waals surface area contributed by atoms with Crippen molar-refractivity contribution >= 4 is 22.5 Å². The van der Waals surface area contributed by atoms with Crippen LogP contribution >= 0.6 is 0 Å². The van der Waals surface area contributed by atoms with Crippen molar-refractivity contribution in [1.29, 1.82) is 0 Å².